The normalized spacial score (nSPS) is 18.8. The van der Waals surface area contributed by atoms with Gasteiger partial charge in [0, 0.05) is 24.8 Å². The van der Waals surface area contributed by atoms with Crippen LogP contribution in [-0.2, 0) is 18.0 Å². The molecule has 156 valence electrons. The molecule has 10 heteroatoms. The molecule has 1 aromatic carbocycles. The van der Waals surface area contributed by atoms with Gasteiger partial charge in [0.2, 0.25) is 5.91 Å². The van der Waals surface area contributed by atoms with Gasteiger partial charge in [0.15, 0.2) is 0 Å². The lowest BCUT2D eigenvalue weighted by Crippen LogP contribution is -2.46. The Morgan fingerprint density at radius 1 is 1.20 bits per heavy atom. The maximum atomic E-state index is 12.9. The number of benzene rings is 1. The van der Waals surface area contributed by atoms with E-state index in [2.05, 4.69) is 15.3 Å². The molecular formula is C20H18F3N5O2. The van der Waals surface area contributed by atoms with Crippen LogP contribution in [0, 0.1) is 5.92 Å². The van der Waals surface area contributed by atoms with E-state index in [9.17, 15) is 22.8 Å². The van der Waals surface area contributed by atoms with Crippen LogP contribution < -0.4 is 16.6 Å². The van der Waals surface area contributed by atoms with Gasteiger partial charge in [0.25, 0.3) is 5.56 Å². The monoisotopic (exact) mass is 417 g/mol. The van der Waals surface area contributed by atoms with Gasteiger partial charge in [-0.2, -0.15) is 13.2 Å². The van der Waals surface area contributed by atoms with Crippen molar-refractivity contribution in [3.8, 4) is 11.1 Å². The minimum atomic E-state index is -4.44. The number of hydrogen-bond donors (Lipinski definition) is 2. The highest BCUT2D eigenvalue weighted by atomic mass is 19.4. The predicted molar refractivity (Wildman–Crippen MR) is 105 cm³/mol. The molecule has 0 aliphatic heterocycles. The molecule has 1 saturated carbocycles. The van der Waals surface area contributed by atoms with E-state index < -0.39 is 17.6 Å². The number of halogens is 3. The number of aromatic nitrogens is 3. The summed E-state index contributed by atoms with van der Waals surface area (Å²) in [5.41, 5.74) is 5.45. The molecule has 3 aromatic rings. The first-order valence-electron chi connectivity index (χ1n) is 9.24. The first-order valence-corrected chi connectivity index (χ1v) is 9.24. The number of aryl methyl sites for hydroxylation is 1. The van der Waals surface area contributed by atoms with Gasteiger partial charge in [0.05, 0.1) is 23.3 Å². The molecule has 1 aliphatic carbocycles. The largest absolute Gasteiger partial charge is 0.416 e. The standard InChI is InChI=1S/C20H18F3N5O2/c1-28-9-26-16-13(10-2-4-11(5-3-10)20(21,22)23)8-25-18(15(16)19(28)30)27-14-7-6-12(14)17(24)29/h2-5,8-9,12,14H,6-7H2,1H3,(H2,24,29)(H,25,27)/t12-,14-/m1/s1. The highest BCUT2D eigenvalue weighted by Gasteiger charge is 2.36. The summed E-state index contributed by atoms with van der Waals surface area (Å²) in [6, 6.07) is 4.35. The van der Waals surface area contributed by atoms with E-state index in [1.165, 1.54) is 29.2 Å². The fourth-order valence-corrected chi connectivity index (χ4v) is 3.56. The number of nitrogens with one attached hydrogen (secondary N) is 1. The van der Waals surface area contributed by atoms with Crippen molar-refractivity contribution in [1.29, 1.82) is 0 Å². The Hall–Kier alpha value is -3.43. The third-order valence-electron chi connectivity index (χ3n) is 5.43. The van der Waals surface area contributed by atoms with Crippen molar-refractivity contribution in [3.63, 3.8) is 0 Å². The Morgan fingerprint density at radius 3 is 2.47 bits per heavy atom. The summed E-state index contributed by atoms with van der Waals surface area (Å²) in [5, 5.41) is 3.32. The van der Waals surface area contributed by atoms with E-state index in [-0.39, 0.29) is 28.7 Å². The Labute approximate surface area is 168 Å². The van der Waals surface area contributed by atoms with Crippen molar-refractivity contribution in [1.82, 2.24) is 14.5 Å². The van der Waals surface area contributed by atoms with Gasteiger partial charge in [-0.15, -0.1) is 0 Å². The Morgan fingerprint density at radius 2 is 1.90 bits per heavy atom. The second-order valence-corrected chi connectivity index (χ2v) is 7.32. The van der Waals surface area contributed by atoms with E-state index in [1.54, 1.807) is 7.05 Å². The zero-order valence-electron chi connectivity index (χ0n) is 15.9. The lowest BCUT2D eigenvalue weighted by molar-refractivity contribution is -0.137. The fraction of sp³-hybridized carbons (Fsp3) is 0.300. The lowest BCUT2D eigenvalue weighted by atomic mass is 9.79. The van der Waals surface area contributed by atoms with Crippen LogP contribution in [0.1, 0.15) is 18.4 Å². The minimum absolute atomic E-state index is 0.201. The number of carbonyl (C=O) groups excluding carboxylic acids is 1. The van der Waals surface area contributed by atoms with Crippen molar-refractivity contribution in [2.24, 2.45) is 18.7 Å². The predicted octanol–water partition coefficient (Wildman–Crippen LogP) is 2.69. The van der Waals surface area contributed by atoms with Crippen LogP contribution in [0.15, 0.2) is 41.6 Å². The van der Waals surface area contributed by atoms with E-state index >= 15 is 0 Å². The number of amides is 1. The summed E-state index contributed by atoms with van der Waals surface area (Å²) in [6.07, 6.45) is -0.279. The highest BCUT2D eigenvalue weighted by molar-refractivity contribution is 5.98. The van der Waals surface area contributed by atoms with E-state index in [0.29, 0.717) is 29.5 Å². The number of carbonyl (C=O) groups is 1. The Balaban J connectivity index is 1.81. The van der Waals surface area contributed by atoms with Gasteiger partial charge < -0.3 is 15.6 Å². The molecule has 4 rings (SSSR count). The molecule has 7 nitrogen and oxygen atoms in total. The van der Waals surface area contributed by atoms with Gasteiger partial charge in [-0.05, 0) is 30.5 Å². The average molecular weight is 417 g/mol. The molecule has 1 amide bonds. The molecule has 3 N–H and O–H groups in total. The van der Waals surface area contributed by atoms with Crippen LogP contribution in [0.4, 0.5) is 19.0 Å². The summed E-state index contributed by atoms with van der Waals surface area (Å²) in [6.45, 7) is 0. The second kappa shape index (κ2) is 7.12. The Bertz CT molecular complexity index is 1190. The third kappa shape index (κ3) is 3.38. The van der Waals surface area contributed by atoms with E-state index in [1.807, 2.05) is 0 Å². The molecule has 0 unspecified atom stereocenters. The summed E-state index contributed by atoms with van der Waals surface area (Å²) < 4.78 is 39.9. The number of nitrogens with two attached hydrogens (primary N) is 1. The van der Waals surface area contributed by atoms with Gasteiger partial charge in [0.1, 0.15) is 11.2 Å². The number of hydrogen-bond acceptors (Lipinski definition) is 5. The molecular weight excluding hydrogens is 399 g/mol. The molecule has 0 spiro atoms. The maximum Gasteiger partial charge on any atom is 0.416 e. The maximum absolute atomic E-state index is 12.9. The van der Waals surface area contributed by atoms with Crippen molar-refractivity contribution in [2.45, 2.75) is 25.1 Å². The highest BCUT2D eigenvalue weighted by Crippen LogP contribution is 2.35. The summed E-state index contributed by atoms with van der Waals surface area (Å²) in [7, 11) is 1.54. The van der Waals surface area contributed by atoms with Gasteiger partial charge >= 0.3 is 6.18 Å². The molecule has 0 bridgehead atoms. The first-order chi connectivity index (χ1) is 14.2. The zero-order chi connectivity index (χ0) is 21.6. The minimum Gasteiger partial charge on any atom is -0.369 e. The van der Waals surface area contributed by atoms with Crippen LogP contribution in [0.2, 0.25) is 0 Å². The summed E-state index contributed by atoms with van der Waals surface area (Å²) >= 11 is 0. The van der Waals surface area contributed by atoms with Crippen LogP contribution >= 0.6 is 0 Å². The zero-order valence-corrected chi connectivity index (χ0v) is 15.9. The number of nitrogens with zero attached hydrogens (tertiary/aromatic N) is 3. The molecule has 0 radical (unpaired) electrons. The first kappa shape index (κ1) is 19.9. The second-order valence-electron chi connectivity index (χ2n) is 7.32. The Kier molecular flexibility index (Phi) is 4.71. The number of anilines is 1. The number of pyridine rings is 1. The van der Waals surface area contributed by atoms with E-state index in [0.717, 1.165) is 12.1 Å². The van der Waals surface area contributed by atoms with Crippen molar-refractivity contribution in [3.05, 3.63) is 52.7 Å². The number of alkyl halides is 3. The van der Waals surface area contributed by atoms with Gasteiger partial charge in [-0.1, -0.05) is 12.1 Å². The molecule has 2 aromatic heterocycles. The SMILES string of the molecule is Cn1cnc2c(-c3ccc(C(F)(F)F)cc3)cnc(N[C@@H]3CC[C@H]3C(N)=O)c2c1=O. The van der Waals surface area contributed by atoms with E-state index in [4.69, 9.17) is 5.73 Å². The number of rotatable bonds is 4. The summed E-state index contributed by atoms with van der Waals surface area (Å²) in [4.78, 5) is 33.0. The molecule has 0 saturated heterocycles. The third-order valence-corrected chi connectivity index (χ3v) is 5.43. The quantitative estimate of drug-likeness (QED) is 0.680. The van der Waals surface area contributed by atoms with Crippen LogP contribution in [0.3, 0.4) is 0 Å². The topological polar surface area (TPSA) is 103 Å². The van der Waals surface area contributed by atoms with Gasteiger partial charge in [-0.3, -0.25) is 9.59 Å². The number of fused-ring (bicyclic) bond motifs is 1. The summed E-state index contributed by atoms with van der Waals surface area (Å²) in [5.74, 6) is -0.502. The van der Waals surface area contributed by atoms with Gasteiger partial charge in [-0.25, -0.2) is 9.97 Å². The number of primary amides is 1. The van der Waals surface area contributed by atoms with Crippen molar-refractivity contribution < 1.29 is 18.0 Å². The molecule has 1 fully saturated rings. The smallest absolute Gasteiger partial charge is 0.369 e. The van der Waals surface area contributed by atoms with Crippen LogP contribution in [0.5, 0.6) is 0 Å². The van der Waals surface area contributed by atoms with Crippen LogP contribution in [0.25, 0.3) is 22.0 Å². The van der Waals surface area contributed by atoms with Crippen LogP contribution in [-0.4, -0.2) is 26.5 Å². The van der Waals surface area contributed by atoms with Crippen molar-refractivity contribution in [2.75, 3.05) is 5.32 Å². The molecule has 30 heavy (non-hydrogen) atoms. The molecule has 2 atom stereocenters. The average Bonchev–Trinajstić information content (AvgIpc) is 2.66. The molecule has 2 heterocycles. The lowest BCUT2D eigenvalue weighted by Gasteiger charge is -2.35. The fourth-order valence-electron chi connectivity index (χ4n) is 3.56. The van der Waals surface area contributed by atoms with Crippen molar-refractivity contribution >= 4 is 22.6 Å². The molecule has 1 aliphatic rings.